The van der Waals surface area contributed by atoms with Crippen LogP contribution in [-0.4, -0.2) is 89.9 Å². The van der Waals surface area contributed by atoms with Gasteiger partial charge in [0.1, 0.15) is 29.7 Å². The topological polar surface area (TPSA) is 111 Å². The third kappa shape index (κ3) is 7.62. The zero-order chi connectivity index (χ0) is 35.2. The lowest BCUT2D eigenvalue weighted by Gasteiger charge is -2.36. The first-order valence-electron chi connectivity index (χ1n) is 16.2. The van der Waals surface area contributed by atoms with Gasteiger partial charge in [0, 0.05) is 56.7 Å². The number of nitrogens with zero attached hydrogens (tertiary/aromatic N) is 4. The zero-order valence-electron chi connectivity index (χ0n) is 27.4. The standard InChI is InChI=1S/C37H36F3N7O3/c1-45-15-17-46(18-16-45)32-6-4-2-3-5-27(32)22-43-35(48)26-8-10-29(39)31(20-26)44-37(50)33-23-42-34-21-25(11-14-47(33)34)24-7-9-28(30(40)19-24)36(49)41-13-12-38/h2,4-11,14,19-21,23H,3,12-13,15-18,22H2,1H3,(H,41,49)(H,43,48)(H,44,50). The van der Waals surface area contributed by atoms with Gasteiger partial charge in [0.25, 0.3) is 17.7 Å². The van der Waals surface area contributed by atoms with Crippen molar-refractivity contribution in [2.24, 2.45) is 0 Å². The lowest BCUT2D eigenvalue weighted by atomic mass is 10.0. The predicted molar refractivity (Wildman–Crippen MR) is 185 cm³/mol. The van der Waals surface area contributed by atoms with E-state index in [4.69, 9.17) is 0 Å². The molecule has 0 spiro atoms. The summed E-state index contributed by atoms with van der Waals surface area (Å²) in [6, 6.07) is 11.1. The molecule has 1 aliphatic heterocycles. The number of piperazine rings is 1. The lowest BCUT2D eigenvalue weighted by Crippen LogP contribution is -2.44. The van der Waals surface area contributed by atoms with Crippen molar-refractivity contribution in [3.8, 4) is 11.1 Å². The minimum absolute atomic E-state index is 0.101. The number of anilines is 1. The van der Waals surface area contributed by atoms with Crippen molar-refractivity contribution in [2.45, 2.75) is 6.42 Å². The maximum atomic E-state index is 14.9. The molecule has 0 atom stereocenters. The average molecular weight is 684 g/mol. The summed E-state index contributed by atoms with van der Waals surface area (Å²) in [4.78, 5) is 47.5. The van der Waals surface area contributed by atoms with Crippen LogP contribution in [0.1, 0.15) is 37.6 Å². The summed E-state index contributed by atoms with van der Waals surface area (Å²) in [5.74, 6) is -3.27. The summed E-state index contributed by atoms with van der Waals surface area (Å²) in [5, 5.41) is 7.78. The number of pyridine rings is 1. The molecule has 3 heterocycles. The summed E-state index contributed by atoms with van der Waals surface area (Å²) >= 11 is 0. The number of aromatic nitrogens is 2. The first-order valence-corrected chi connectivity index (χ1v) is 16.2. The third-order valence-corrected chi connectivity index (χ3v) is 8.65. The fraction of sp³-hybridized carbons (Fsp3) is 0.243. The number of carbonyl (C=O) groups excluding carboxylic acids is 3. The number of alkyl halides is 1. The lowest BCUT2D eigenvalue weighted by molar-refractivity contribution is 0.0942. The summed E-state index contributed by atoms with van der Waals surface area (Å²) in [7, 11) is 2.10. The van der Waals surface area contributed by atoms with Crippen molar-refractivity contribution in [1.82, 2.24) is 29.8 Å². The Balaban J connectivity index is 1.13. The SMILES string of the molecule is CN1CCN(C2=CC=CCC=C2CNC(=O)c2ccc(F)c(NC(=O)c3cnc4cc(-c5ccc(C(=O)NCCF)c(F)c5)ccn34)c2)CC1. The first-order chi connectivity index (χ1) is 24.2. The third-order valence-electron chi connectivity index (χ3n) is 8.65. The Morgan fingerprint density at radius 3 is 2.46 bits per heavy atom. The molecule has 1 saturated heterocycles. The molecule has 4 aromatic rings. The Hall–Kier alpha value is -5.69. The molecule has 0 saturated carbocycles. The van der Waals surface area contributed by atoms with Crippen LogP contribution in [-0.2, 0) is 0 Å². The van der Waals surface area contributed by atoms with E-state index in [1.807, 2.05) is 6.08 Å². The molecule has 1 aliphatic carbocycles. The van der Waals surface area contributed by atoms with Crippen molar-refractivity contribution in [3.05, 3.63) is 125 Å². The van der Waals surface area contributed by atoms with E-state index in [1.165, 1.54) is 34.9 Å². The van der Waals surface area contributed by atoms with Crippen LogP contribution in [0, 0.1) is 11.6 Å². The van der Waals surface area contributed by atoms with Crippen LogP contribution in [0.4, 0.5) is 18.9 Å². The Morgan fingerprint density at radius 2 is 1.68 bits per heavy atom. The molecule has 50 heavy (non-hydrogen) atoms. The molecule has 6 rings (SSSR count). The Labute approximate surface area is 287 Å². The zero-order valence-corrected chi connectivity index (χ0v) is 27.4. The smallest absolute Gasteiger partial charge is 0.274 e. The number of fused-ring (bicyclic) bond motifs is 1. The summed E-state index contributed by atoms with van der Waals surface area (Å²) < 4.78 is 43.5. The van der Waals surface area contributed by atoms with Crippen molar-refractivity contribution >= 4 is 29.1 Å². The number of hydrogen-bond donors (Lipinski definition) is 3. The van der Waals surface area contributed by atoms with E-state index in [-0.39, 0.29) is 35.6 Å². The van der Waals surface area contributed by atoms with Crippen LogP contribution >= 0.6 is 0 Å². The normalized spacial score (nSPS) is 14.9. The van der Waals surface area contributed by atoms with Gasteiger partial charge < -0.3 is 25.8 Å². The van der Waals surface area contributed by atoms with Crippen LogP contribution in [0.3, 0.4) is 0 Å². The number of allylic oxidation sites excluding steroid dienone is 4. The first kappa shape index (κ1) is 34.2. The van der Waals surface area contributed by atoms with Crippen LogP contribution in [0.25, 0.3) is 16.8 Å². The summed E-state index contributed by atoms with van der Waals surface area (Å²) in [6.45, 7) is 2.97. The second-order valence-corrected chi connectivity index (χ2v) is 12.0. The fourth-order valence-electron chi connectivity index (χ4n) is 5.87. The molecular weight excluding hydrogens is 647 g/mol. The second-order valence-electron chi connectivity index (χ2n) is 12.0. The Morgan fingerprint density at radius 1 is 0.880 bits per heavy atom. The maximum Gasteiger partial charge on any atom is 0.274 e. The number of rotatable bonds is 10. The van der Waals surface area contributed by atoms with E-state index in [9.17, 15) is 27.6 Å². The molecule has 258 valence electrons. The van der Waals surface area contributed by atoms with Crippen LogP contribution in [0.2, 0.25) is 0 Å². The van der Waals surface area contributed by atoms with E-state index in [0.29, 0.717) is 16.8 Å². The largest absolute Gasteiger partial charge is 0.369 e. The van der Waals surface area contributed by atoms with Gasteiger partial charge in [-0.25, -0.2) is 18.2 Å². The summed E-state index contributed by atoms with van der Waals surface area (Å²) in [5.41, 5.74) is 3.35. The molecule has 2 aromatic carbocycles. The number of benzene rings is 2. The van der Waals surface area contributed by atoms with Gasteiger partial charge in [-0.15, -0.1) is 0 Å². The quantitative estimate of drug-likeness (QED) is 0.218. The minimum atomic E-state index is -0.772. The van der Waals surface area contributed by atoms with Gasteiger partial charge in [-0.2, -0.15) is 0 Å². The van der Waals surface area contributed by atoms with Crippen molar-refractivity contribution in [3.63, 3.8) is 0 Å². The van der Waals surface area contributed by atoms with Crippen molar-refractivity contribution in [2.75, 3.05) is 58.3 Å². The number of halogens is 3. The van der Waals surface area contributed by atoms with Gasteiger partial charge in [-0.3, -0.25) is 18.8 Å². The number of carbonyl (C=O) groups is 3. The highest BCUT2D eigenvalue weighted by Gasteiger charge is 2.21. The minimum Gasteiger partial charge on any atom is -0.369 e. The second kappa shape index (κ2) is 15.2. The molecule has 3 N–H and O–H groups in total. The van der Waals surface area contributed by atoms with Gasteiger partial charge in [0.05, 0.1) is 17.4 Å². The van der Waals surface area contributed by atoms with E-state index >= 15 is 0 Å². The highest BCUT2D eigenvalue weighted by Crippen LogP contribution is 2.25. The van der Waals surface area contributed by atoms with Gasteiger partial charge in [-0.05, 0) is 78.7 Å². The molecule has 0 bridgehead atoms. The molecule has 13 heteroatoms. The monoisotopic (exact) mass is 683 g/mol. The number of hydrogen-bond acceptors (Lipinski definition) is 6. The van der Waals surface area contributed by atoms with E-state index in [0.717, 1.165) is 49.9 Å². The molecule has 0 radical (unpaired) electrons. The highest BCUT2D eigenvalue weighted by atomic mass is 19.1. The van der Waals surface area contributed by atoms with E-state index in [1.54, 1.807) is 24.4 Å². The molecule has 10 nitrogen and oxygen atoms in total. The number of likely N-dealkylation sites (N-methyl/N-ethyl adjacent to an activating group) is 1. The molecular formula is C37H36F3N7O3. The molecule has 2 aliphatic rings. The van der Waals surface area contributed by atoms with Crippen LogP contribution in [0.15, 0.2) is 96.5 Å². The van der Waals surface area contributed by atoms with Gasteiger partial charge in [0.2, 0.25) is 0 Å². The molecule has 0 unspecified atom stereocenters. The Kier molecular flexibility index (Phi) is 10.4. The van der Waals surface area contributed by atoms with Crippen LogP contribution in [0.5, 0.6) is 0 Å². The van der Waals surface area contributed by atoms with E-state index in [2.05, 4.69) is 56.0 Å². The Bertz CT molecular complexity index is 2030. The number of nitrogens with one attached hydrogen (secondary N) is 3. The number of amides is 3. The van der Waals surface area contributed by atoms with Gasteiger partial charge in [0.15, 0.2) is 0 Å². The van der Waals surface area contributed by atoms with Gasteiger partial charge >= 0.3 is 0 Å². The van der Waals surface area contributed by atoms with Crippen LogP contribution < -0.4 is 16.0 Å². The van der Waals surface area contributed by atoms with E-state index < -0.39 is 36.0 Å². The van der Waals surface area contributed by atoms with Gasteiger partial charge in [-0.1, -0.05) is 24.3 Å². The van der Waals surface area contributed by atoms with Crippen molar-refractivity contribution in [1.29, 1.82) is 0 Å². The average Bonchev–Trinajstić information content (AvgIpc) is 3.41. The molecule has 1 fully saturated rings. The predicted octanol–water partition coefficient (Wildman–Crippen LogP) is 4.98. The summed E-state index contributed by atoms with van der Waals surface area (Å²) in [6.07, 6.45) is 11.9. The highest BCUT2D eigenvalue weighted by molar-refractivity contribution is 6.04. The van der Waals surface area contributed by atoms with Crippen molar-refractivity contribution < 1.29 is 27.6 Å². The maximum absolute atomic E-state index is 14.9. The molecule has 2 aromatic heterocycles. The molecule has 3 amide bonds. The fourth-order valence-corrected chi connectivity index (χ4v) is 5.87. The number of imidazole rings is 1.